The fraction of sp³-hybridized carbons (Fsp3) is 0.235. The quantitative estimate of drug-likeness (QED) is 0.780. The molecule has 0 bridgehead atoms. The smallest absolute Gasteiger partial charge is 0.319 e. The van der Waals surface area contributed by atoms with Crippen LogP contribution < -0.4 is 15.4 Å². The van der Waals surface area contributed by atoms with E-state index < -0.39 is 0 Å². The Bertz CT molecular complexity index is 621. The molecule has 22 heavy (non-hydrogen) atoms. The van der Waals surface area contributed by atoms with Crippen LogP contribution in [0.1, 0.15) is 11.1 Å². The second-order valence-electron chi connectivity index (χ2n) is 5.06. The summed E-state index contributed by atoms with van der Waals surface area (Å²) in [4.78, 5) is 11.7. The minimum atomic E-state index is -0.244. The molecule has 0 saturated heterocycles. The molecule has 0 heterocycles. The van der Waals surface area contributed by atoms with Gasteiger partial charge in [0.2, 0.25) is 0 Å². The second kappa shape index (κ2) is 7.84. The molecule has 116 valence electrons. The van der Waals surface area contributed by atoms with Crippen LogP contribution in [0.5, 0.6) is 5.75 Å². The molecule has 0 atom stereocenters. The van der Waals surface area contributed by atoms with Crippen LogP contribution in [-0.2, 0) is 0 Å². The first-order valence-corrected chi connectivity index (χ1v) is 7.84. The van der Waals surface area contributed by atoms with Gasteiger partial charge in [0.05, 0.1) is 6.54 Å². The number of anilines is 1. The van der Waals surface area contributed by atoms with E-state index in [-0.39, 0.29) is 6.03 Å². The van der Waals surface area contributed by atoms with Gasteiger partial charge in [0.25, 0.3) is 0 Å². The summed E-state index contributed by atoms with van der Waals surface area (Å²) in [5.41, 5.74) is 3.07. The third-order valence-corrected chi connectivity index (χ3v) is 3.48. The molecule has 0 aromatic heterocycles. The fourth-order valence-electron chi connectivity index (χ4n) is 2.06. The number of hydrogen-bond donors (Lipinski definition) is 2. The van der Waals surface area contributed by atoms with Gasteiger partial charge in [0, 0.05) is 10.2 Å². The monoisotopic (exact) mass is 362 g/mol. The maximum Gasteiger partial charge on any atom is 0.319 e. The number of hydrogen-bond acceptors (Lipinski definition) is 2. The number of aryl methyl sites for hydroxylation is 2. The van der Waals surface area contributed by atoms with Crippen molar-refractivity contribution < 1.29 is 9.53 Å². The number of benzene rings is 2. The summed E-state index contributed by atoms with van der Waals surface area (Å²) < 4.78 is 6.61. The zero-order chi connectivity index (χ0) is 15.9. The van der Waals surface area contributed by atoms with Gasteiger partial charge in [-0.2, -0.15) is 0 Å². The lowest BCUT2D eigenvalue weighted by Crippen LogP contribution is -2.32. The van der Waals surface area contributed by atoms with E-state index in [2.05, 4.69) is 32.6 Å². The van der Waals surface area contributed by atoms with Crippen molar-refractivity contribution in [3.63, 3.8) is 0 Å². The van der Waals surface area contributed by atoms with Gasteiger partial charge >= 0.3 is 6.03 Å². The van der Waals surface area contributed by atoms with Gasteiger partial charge in [-0.3, -0.25) is 0 Å². The average molecular weight is 363 g/mol. The van der Waals surface area contributed by atoms with Gasteiger partial charge in [-0.1, -0.05) is 22.0 Å². The molecule has 2 aromatic carbocycles. The lowest BCUT2D eigenvalue weighted by molar-refractivity contribution is 0.247. The summed E-state index contributed by atoms with van der Waals surface area (Å²) in [6, 6.07) is 13.2. The van der Waals surface area contributed by atoms with E-state index in [9.17, 15) is 4.79 Å². The van der Waals surface area contributed by atoms with Crippen LogP contribution in [0.3, 0.4) is 0 Å². The molecule has 0 unspecified atom stereocenters. The summed E-state index contributed by atoms with van der Waals surface area (Å²) >= 11 is 3.35. The van der Waals surface area contributed by atoms with Crippen molar-refractivity contribution in [2.45, 2.75) is 13.8 Å². The van der Waals surface area contributed by atoms with Gasteiger partial charge in [-0.15, -0.1) is 0 Å². The van der Waals surface area contributed by atoms with Crippen LogP contribution in [0.15, 0.2) is 46.9 Å². The Morgan fingerprint density at radius 1 is 1.09 bits per heavy atom. The van der Waals surface area contributed by atoms with Crippen LogP contribution in [0, 0.1) is 13.8 Å². The van der Waals surface area contributed by atoms with Crippen LogP contribution in [-0.4, -0.2) is 19.2 Å². The first kappa shape index (κ1) is 16.4. The molecule has 0 radical (unpaired) electrons. The Morgan fingerprint density at radius 3 is 2.36 bits per heavy atom. The number of urea groups is 1. The molecule has 0 aliphatic carbocycles. The SMILES string of the molecule is Cc1cc(C)cc(OCCNC(=O)Nc2ccc(Br)cc2)c1. The zero-order valence-electron chi connectivity index (χ0n) is 12.7. The molecule has 4 nitrogen and oxygen atoms in total. The van der Waals surface area contributed by atoms with Gasteiger partial charge in [0.1, 0.15) is 12.4 Å². The maximum atomic E-state index is 11.7. The molecule has 2 rings (SSSR count). The molecule has 2 aromatic rings. The lowest BCUT2D eigenvalue weighted by Gasteiger charge is -2.10. The van der Waals surface area contributed by atoms with Crippen LogP contribution in [0.25, 0.3) is 0 Å². The number of amides is 2. The van der Waals surface area contributed by atoms with Gasteiger partial charge in [0.15, 0.2) is 0 Å². The summed E-state index contributed by atoms with van der Waals surface area (Å²) in [5.74, 6) is 0.826. The topological polar surface area (TPSA) is 50.4 Å². The zero-order valence-corrected chi connectivity index (χ0v) is 14.2. The largest absolute Gasteiger partial charge is 0.492 e. The Labute approximate surface area is 139 Å². The van der Waals surface area contributed by atoms with Gasteiger partial charge in [-0.05, 0) is 61.4 Å². The van der Waals surface area contributed by atoms with Crippen LogP contribution >= 0.6 is 15.9 Å². The molecule has 0 aliphatic rings. The first-order chi connectivity index (χ1) is 10.5. The van der Waals surface area contributed by atoms with E-state index in [1.807, 2.05) is 50.2 Å². The molecule has 0 saturated carbocycles. The van der Waals surface area contributed by atoms with E-state index in [4.69, 9.17) is 4.74 Å². The predicted molar refractivity (Wildman–Crippen MR) is 92.6 cm³/mol. The van der Waals surface area contributed by atoms with E-state index in [0.29, 0.717) is 13.2 Å². The third kappa shape index (κ3) is 5.41. The predicted octanol–water partition coefficient (Wildman–Crippen LogP) is 4.27. The van der Waals surface area contributed by atoms with Gasteiger partial charge < -0.3 is 15.4 Å². The van der Waals surface area contributed by atoms with Crippen LogP contribution in [0.2, 0.25) is 0 Å². The van der Waals surface area contributed by atoms with Gasteiger partial charge in [-0.25, -0.2) is 4.79 Å². The molecule has 0 spiro atoms. The number of carbonyl (C=O) groups is 1. The third-order valence-electron chi connectivity index (χ3n) is 2.95. The summed E-state index contributed by atoms with van der Waals surface area (Å²) in [6.07, 6.45) is 0. The Morgan fingerprint density at radius 2 is 1.73 bits per heavy atom. The Kier molecular flexibility index (Phi) is 5.83. The molecule has 0 aliphatic heterocycles. The Balaban J connectivity index is 1.71. The minimum absolute atomic E-state index is 0.244. The standard InChI is InChI=1S/C17H19BrN2O2/c1-12-9-13(2)11-16(10-12)22-8-7-19-17(21)20-15-5-3-14(18)4-6-15/h3-6,9-11H,7-8H2,1-2H3,(H2,19,20,21). The van der Waals surface area contributed by atoms with Crippen molar-refractivity contribution in [1.82, 2.24) is 5.32 Å². The van der Waals surface area contributed by atoms with Crippen LogP contribution in [0.4, 0.5) is 10.5 Å². The van der Waals surface area contributed by atoms with Crippen molar-refractivity contribution in [2.24, 2.45) is 0 Å². The molecule has 2 N–H and O–H groups in total. The summed E-state index contributed by atoms with van der Waals surface area (Å²) in [6.45, 7) is 4.93. The first-order valence-electron chi connectivity index (χ1n) is 7.04. The van der Waals surface area contributed by atoms with E-state index in [0.717, 1.165) is 27.0 Å². The lowest BCUT2D eigenvalue weighted by atomic mass is 10.1. The van der Waals surface area contributed by atoms with Crippen molar-refractivity contribution in [2.75, 3.05) is 18.5 Å². The van der Waals surface area contributed by atoms with E-state index in [1.165, 1.54) is 0 Å². The molecular formula is C17H19BrN2O2. The number of halogens is 1. The number of nitrogens with one attached hydrogen (secondary N) is 2. The molecule has 0 fully saturated rings. The molecule has 2 amide bonds. The molecular weight excluding hydrogens is 344 g/mol. The number of ether oxygens (including phenoxy) is 1. The highest BCUT2D eigenvalue weighted by molar-refractivity contribution is 9.10. The fourth-order valence-corrected chi connectivity index (χ4v) is 2.32. The highest BCUT2D eigenvalue weighted by atomic mass is 79.9. The average Bonchev–Trinajstić information content (AvgIpc) is 2.45. The van der Waals surface area contributed by atoms with E-state index in [1.54, 1.807) is 0 Å². The van der Waals surface area contributed by atoms with Crippen molar-refractivity contribution in [1.29, 1.82) is 0 Å². The highest BCUT2D eigenvalue weighted by Crippen LogP contribution is 2.16. The van der Waals surface area contributed by atoms with Crippen molar-refractivity contribution in [3.8, 4) is 5.75 Å². The minimum Gasteiger partial charge on any atom is -0.492 e. The second-order valence-corrected chi connectivity index (χ2v) is 5.98. The Hall–Kier alpha value is -2.01. The highest BCUT2D eigenvalue weighted by Gasteiger charge is 2.01. The van der Waals surface area contributed by atoms with E-state index >= 15 is 0 Å². The van der Waals surface area contributed by atoms with Crippen molar-refractivity contribution >= 4 is 27.6 Å². The molecule has 5 heteroatoms. The normalized spacial score (nSPS) is 10.1. The number of carbonyl (C=O) groups excluding carboxylic acids is 1. The van der Waals surface area contributed by atoms with Crippen molar-refractivity contribution in [3.05, 3.63) is 58.1 Å². The summed E-state index contributed by atoms with van der Waals surface area (Å²) in [5, 5.41) is 5.52. The maximum absolute atomic E-state index is 11.7. The number of rotatable bonds is 5. The summed E-state index contributed by atoms with van der Waals surface area (Å²) in [7, 11) is 0.